The Hall–Kier alpha value is -2.67. The maximum Gasteiger partial charge on any atom is 0.273 e. The number of nitrogens with zero attached hydrogens (tertiary/aromatic N) is 2. The van der Waals surface area contributed by atoms with Gasteiger partial charge < -0.3 is 15.6 Å². The molecule has 3 N–H and O–H groups in total. The normalized spacial score (nSPS) is 15.6. The molecule has 0 spiro atoms. The summed E-state index contributed by atoms with van der Waals surface area (Å²) in [6.07, 6.45) is 3.55. The van der Waals surface area contributed by atoms with Gasteiger partial charge in [-0.05, 0) is 43.8 Å². The lowest BCUT2D eigenvalue weighted by Crippen LogP contribution is -2.33. The summed E-state index contributed by atoms with van der Waals surface area (Å²) in [6, 6.07) is 12.3. The summed E-state index contributed by atoms with van der Waals surface area (Å²) in [6.45, 7) is 2.88. The molecule has 3 rings (SSSR count). The number of aromatic nitrogens is 1. The molecule has 27 heavy (non-hydrogen) atoms. The molecule has 1 fully saturated rings. The fourth-order valence-corrected chi connectivity index (χ4v) is 3.40. The Bertz CT molecular complexity index is 752. The van der Waals surface area contributed by atoms with Gasteiger partial charge in [0.2, 0.25) is 5.91 Å². The first-order chi connectivity index (χ1) is 13.1. The number of hydrogen-bond donors (Lipinski definition) is 2. The van der Waals surface area contributed by atoms with Crippen LogP contribution in [0.15, 0.2) is 40.9 Å². The Morgan fingerprint density at radius 1 is 1.22 bits per heavy atom. The Morgan fingerprint density at radius 2 is 1.96 bits per heavy atom. The molecular formula is C20H26N4O3. The average Bonchev–Trinajstić information content (AvgIpc) is 3.12. The van der Waals surface area contributed by atoms with Crippen LogP contribution >= 0.6 is 0 Å². The Kier molecular flexibility index (Phi) is 6.59. The van der Waals surface area contributed by atoms with E-state index < -0.39 is 5.91 Å². The van der Waals surface area contributed by atoms with E-state index in [1.54, 1.807) is 6.07 Å². The van der Waals surface area contributed by atoms with Gasteiger partial charge in [0, 0.05) is 19.0 Å². The molecule has 0 saturated carbocycles. The second-order valence-corrected chi connectivity index (χ2v) is 7.06. The van der Waals surface area contributed by atoms with Crippen molar-refractivity contribution in [3.8, 4) is 0 Å². The van der Waals surface area contributed by atoms with Gasteiger partial charge in [-0.15, -0.1) is 0 Å². The van der Waals surface area contributed by atoms with Crippen LogP contribution in [-0.2, 0) is 17.8 Å². The highest BCUT2D eigenvalue weighted by molar-refractivity contribution is 5.92. The fraction of sp³-hybridized carbons (Fsp3) is 0.450. The second kappa shape index (κ2) is 9.32. The van der Waals surface area contributed by atoms with Crippen LogP contribution in [-0.4, -0.2) is 41.5 Å². The molecule has 1 aromatic heterocycles. The summed E-state index contributed by atoms with van der Waals surface area (Å²) in [7, 11) is 0. The third-order valence-electron chi connectivity index (χ3n) is 4.90. The lowest BCUT2D eigenvalue weighted by molar-refractivity contribution is -0.117. The van der Waals surface area contributed by atoms with Gasteiger partial charge in [0.25, 0.3) is 5.91 Å². The summed E-state index contributed by atoms with van der Waals surface area (Å²) in [5.41, 5.74) is 6.68. The Balaban J connectivity index is 1.42. The largest absolute Gasteiger partial charge is 0.370 e. The molecule has 1 saturated heterocycles. The zero-order chi connectivity index (χ0) is 19.1. The van der Waals surface area contributed by atoms with E-state index >= 15 is 0 Å². The number of carbonyl (C=O) groups is 2. The van der Waals surface area contributed by atoms with E-state index in [2.05, 4.69) is 45.7 Å². The molecule has 2 heterocycles. The monoisotopic (exact) mass is 370 g/mol. The predicted molar refractivity (Wildman–Crippen MR) is 101 cm³/mol. The number of primary amides is 1. The van der Waals surface area contributed by atoms with E-state index in [4.69, 9.17) is 10.3 Å². The number of nitrogens with one attached hydrogen (secondary N) is 1. The molecule has 144 valence electrons. The van der Waals surface area contributed by atoms with Gasteiger partial charge >= 0.3 is 0 Å². The SMILES string of the molecule is NC(=O)CCNC(=O)c1cc(CN2CCC(Cc3ccccc3)CC2)on1. The van der Waals surface area contributed by atoms with E-state index in [1.165, 1.54) is 5.56 Å². The van der Waals surface area contributed by atoms with Gasteiger partial charge in [0.05, 0.1) is 6.54 Å². The number of nitrogens with two attached hydrogens (primary N) is 1. The van der Waals surface area contributed by atoms with Crippen LogP contribution < -0.4 is 11.1 Å². The Labute approximate surface area is 158 Å². The summed E-state index contributed by atoms with van der Waals surface area (Å²) < 4.78 is 5.29. The van der Waals surface area contributed by atoms with Gasteiger partial charge in [-0.25, -0.2) is 0 Å². The topological polar surface area (TPSA) is 101 Å². The highest BCUT2D eigenvalue weighted by Gasteiger charge is 2.21. The minimum Gasteiger partial charge on any atom is -0.370 e. The van der Waals surface area contributed by atoms with Crippen LogP contribution in [0.25, 0.3) is 0 Å². The highest BCUT2D eigenvalue weighted by Crippen LogP contribution is 2.23. The molecule has 1 aliphatic heterocycles. The van der Waals surface area contributed by atoms with Gasteiger partial charge in [0.15, 0.2) is 11.5 Å². The number of carbonyl (C=O) groups excluding carboxylic acids is 2. The molecule has 0 radical (unpaired) electrons. The number of likely N-dealkylation sites (tertiary alicyclic amines) is 1. The minimum atomic E-state index is -0.452. The smallest absolute Gasteiger partial charge is 0.273 e. The van der Waals surface area contributed by atoms with Crippen molar-refractivity contribution in [3.63, 3.8) is 0 Å². The average molecular weight is 370 g/mol. The maximum atomic E-state index is 11.9. The number of hydrogen-bond acceptors (Lipinski definition) is 5. The number of amides is 2. The van der Waals surface area contributed by atoms with Crippen LogP contribution in [0.4, 0.5) is 0 Å². The number of piperidine rings is 1. The molecule has 0 atom stereocenters. The molecule has 1 aromatic carbocycles. The highest BCUT2D eigenvalue weighted by atomic mass is 16.5. The molecule has 0 unspecified atom stereocenters. The summed E-state index contributed by atoms with van der Waals surface area (Å²) in [4.78, 5) is 25.0. The van der Waals surface area contributed by atoms with Gasteiger partial charge in [-0.2, -0.15) is 0 Å². The van der Waals surface area contributed by atoms with Crippen LogP contribution in [0.2, 0.25) is 0 Å². The molecule has 2 amide bonds. The molecule has 1 aliphatic rings. The van der Waals surface area contributed by atoms with Crippen molar-refractivity contribution < 1.29 is 14.1 Å². The zero-order valence-electron chi connectivity index (χ0n) is 15.4. The van der Waals surface area contributed by atoms with Crippen molar-refractivity contribution in [3.05, 3.63) is 53.4 Å². The van der Waals surface area contributed by atoms with Crippen LogP contribution in [0.1, 0.15) is 41.1 Å². The fourth-order valence-electron chi connectivity index (χ4n) is 3.40. The van der Waals surface area contributed by atoms with E-state index in [9.17, 15) is 9.59 Å². The van der Waals surface area contributed by atoms with Gasteiger partial charge in [0.1, 0.15) is 0 Å². The van der Waals surface area contributed by atoms with E-state index in [0.717, 1.165) is 32.4 Å². The van der Waals surface area contributed by atoms with E-state index in [-0.39, 0.29) is 24.6 Å². The van der Waals surface area contributed by atoms with Crippen molar-refractivity contribution >= 4 is 11.8 Å². The zero-order valence-corrected chi connectivity index (χ0v) is 15.4. The van der Waals surface area contributed by atoms with Crippen molar-refractivity contribution in [1.82, 2.24) is 15.4 Å². The molecule has 2 aromatic rings. The van der Waals surface area contributed by atoms with Crippen molar-refractivity contribution in [2.75, 3.05) is 19.6 Å². The molecule has 0 bridgehead atoms. The second-order valence-electron chi connectivity index (χ2n) is 7.06. The van der Waals surface area contributed by atoms with Crippen LogP contribution in [0.5, 0.6) is 0 Å². The first-order valence-corrected chi connectivity index (χ1v) is 9.38. The number of benzene rings is 1. The van der Waals surface area contributed by atoms with E-state index in [0.29, 0.717) is 18.2 Å². The minimum absolute atomic E-state index is 0.106. The van der Waals surface area contributed by atoms with Crippen molar-refractivity contribution in [2.24, 2.45) is 11.7 Å². The molecular weight excluding hydrogens is 344 g/mol. The first kappa shape index (κ1) is 19.1. The van der Waals surface area contributed by atoms with Crippen molar-refractivity contribution in [1.29, 1.82) is 0 Å². The predicted octanol–water partition coefficient (Wildman–Crippen LogP) is 1.73. The van der Waals surface area contributed by atoms with Gasteiger partial charge in [-0.3, -0.25) is 14.5 Å². The lowest BCUT2D eigenvalue weighted by Gasteiger charge is -2.31. The molecule has 7 heteroatoms. The summed E-state index contributed by atoms with van der Waals surface area (Å²) in [5.74, 6) is 0.584. The number of rotatable bonds is 8. The third-order valence-corrected chi connectivity index (χ3v) is 4.90. The standard InChI is InChI=1S/C20H26N4O3/c21-19(25)6-9-22-20(26)18-13-17(27-23-18)14-24-10-7-16(8-11-24)12-15-4-2-1-3-5-15/h1-5,13,16H,6-12,14H2,(H2,21,25)(H,22,26). The molecule has 7 nitrogen and oxygen atoms in total. The Morgan fingerprint density at radius 3 is 2.67 bits per heavy atom. The first-order valence-electron chi connectivity index (χ1n) is 9.38. The third kappa shape index (κ3) is 5.92. The van der Waals surface area contributed by atoms with Gasteiger partial charge in [-0.1, -0.05) is 35.5 Å². The van der Waals surface area contributed by atoms with E-state index in [1.807, 2.05) is 0 Å². The summed E-state index contributed by atoms with van der Waals surface area (Å²) >= 11 is 0. The van der Waals surface area contributed by atoms with Crippen LogP contribution in [0.3, 0.4) is 0 Å². The molecule has 0 aliphatic carbocycles. The van der Waals surface area contributed by atoms with Crippen molar-refractivity contribution in [2.45, 2.75) is 32.2 Å². The maximum absolute atomic E-state index is 11.9. The lowest BCUT2D eigenvalue weighted by atomic mass is 9.90. The van der Waals surface area contributed by atoms with Crippen LogP contribution in [0, 0.1) is 5.92 Å². The quantitative estimate of drug-likeness (QED) is 0.737. The summed E-state index contributed by atoms with van der Waals surface area (Å²) in [5, 5.41) is 6.42.